The van der Waals surface area contributed by atoms with E-state index in [2.05, 4.69) is 4.98 Å². The quantitative estimate of drug-likeness (QED) is 0.714. The first-order valence-corrected chi connectivity index (χ1v) is 4.27. The van der Waals surface area contributed by atoms with Crippen molar-refractivity contribution in [1.82, 2.24) is 4.98 Å². The molecule has 1 rings (SSSR count). The van der Waals surface area contributed by atoms with Crippen molar-refractivity contribution < 1.29 is 0 Å². The summed E-state index contributed by atoms with van der Waals surface area (Å²) < 4.78 is 0. The Morgan fingerprint density at radius 2 is 2.17 bits per heavy atom. The van der Waals surface area contributed by atoms with Gasteiger partial charge in [-0.2, -0.15) is 0 Å². The lowest BCUT2D eigenvalue weighted by Gasteiger charge is -2.21. The van der Waals surface area contributed by atoms with E-state index in [-0.39, 0.29) is 5.41 Å². The summed E-state index contributed by atoms with van der Waals surface area (Å²) >= 11 is 5.76. The van der Waals surface area contributed by atoms with E-state index in [9.17, 15) is 0 Å². The highest BCUT2D eigenvalue weighted by Crippen LogP contribution is 2.20. The molecule has 0 saturated heterocycles. The van der Waals surface area contributed by atoms with Crippen LogP contribution in [-0.4, -0.2) is 11.5 Å². The number of rotatable bonds is 2. The fourth-order valence-electron chi connectivity index (χ4n) is 0.890. The van der Waals surface area contributed by atoms with E-state index >= 15 is 0 Å². The van der Waals surface area contributed by atoms with Crippen LogP contribution in [0.2, 0.25) is 5.15 Å². The summed E-state index contributed by atoms with van der Waals surface area (Å²) in [6.45, 7) is 4.66. The second-order valence-electron chi connectivity index (χ2n) is 3.43. The first-order valence-electron chi connectivity index (χ1n) is 3.89. The van der Waals surface area contributed by atoms with E-state index in [1.165, 1.54) is 0 Å². The molecular weight excluding hydrogens is 172 g/mol. The van der Waals surface area contributed by atoms with Gasteiger partial charge in [0, 0.05) is 17.7 Å². The molecule has 0 aliphatic heterocycles. The van der Waals surface area contributed by atoms with E-state index in [4.69, 9.17) is 17.3 Å². The van der Waals surface area contributed by atoms with Crippen LogP contribution in [0.4, 0.5) is 0 Å². The molecule has 2 nitrogen and oxygen atoms in total. The van der Waals surface area contributed by atoms with Crippen molar-refractivity contribution in [3.05, 3.63) is 29.0 Å². The lowest BCUT2D eigenvalue weighted by molar-refractivity contribution is 0.522. The minimum atomic E-state index is -0.0924. The van der Waals surface area contributed by atoms with Crippen molar-refractivity contribution in [3.63, 3.8) is 0 Å². The molecule has 0 aromatic carbocycles. The van der Waals surface area contributed by atoms with Crippen molar-refractivity contribution in [2.75, 3.05) is 6.54 Å². The van der Waals surface area contributed by atoms with Crippen LogP contribution in [0.5, 0.6) is 0 Å². The Bertz CT molecular complexity index is 271. The van der Waals surface area contributed by atoms with Crippen LogP contribution in [0.1, 0.15) is 19.5 Å². The molecule has 0 unspecified atom stereocenters. The summed E-state index contributed by atoms with van der Waals surface area (Å²) in [5, 5.41) is 0.522. The van der Waals surface area contributed by atoms with Gasteiger partial charge in [0.2, 0.25) is 0 Å². The van der Waals surface area contributed by atoms with Gasteiger partial charge in [0.25, 0.3) is 0 Å². The molecule has 3 heteroatoms. The Kier molecular flexibility index (Phi) is 2.70. The van der Waals surface area contributed by atoms with Gasteiger partial charge in [0.1, 0.15) is 5.15 Å². The van der Waals surface area contributed by atoms with Gasteiger partial charge in [-0.1, -0.05) is 31.5 Å². The Hall–Kier alpha value is -0.600. The second-order valence-corrected chi connectivity index (χ2v) is 3.82. The summed E-state index contributed by atoms with van der Waals surface area (Å²) in [5.41, 5.74) is 6.46. The first kappa shape index (κ1) is 9.49. The number of pyridine rings is 1. The Morgan fingerprint density at radius 3 is 2.67 bits per heavy atom. The fraction of sp³-hybridized carbons (Fsp3) is 0.444. The maximum Gasteiger partial charge on any atom is 0.129 e. The van der Waals surface area contributed by atoms with E-state index in [0.29, 0.717) is 11.7 Å². The van der Waals surface area contributed by atoms with E-state index in [1.54, 1.807) is 6.07 Å². The average Bonchev–Trinajstić information content (AvgIpc) is 2.05. The van der Waals surface area contributed by atoms with Crippen molar-refractivity contribution in [2.24, 2.45) is 5.73 Å². The summed E-state index contributed by atoms with van der Waals surface area (Å²) in [6.07, 6.45) is 0. The summed E-state index contributed by atoms with van der Waals surface area (Å²) in [7, 11) is 0. The standard InChI is InChI=1S/C9H13ClN2/c1-9(2,6-11)7-4-3-5-8(10)12-7/h3-5H,6,11H2,1-2H3. The van der Waals surface area contributed by atoms with Gasteiger partial charge in [-0.3, -0.25) is 0 Å². The molecule has 0 aliphatic carbocycles. The normalized spacial score (nSPS) is 11.7. The largest absolute Gasteiger partial charge is 0.330 e. The zero-order valence-corrected chi connectivity index (χ0v) is 8.10. The molecular formula is C9H13ClN2. The minimum absolute atomic E-state index is 0.0924. The maximum atomic E-state index is 5.76. The number of halogens is 1. The molecule has 0 amide bonds. The Morgan fingerprint density at radius 1 is 1.50 bits per heavy atom. The van der Waals surface area contributed by atoms with Crippen LogP contribution in [0.25, 0.3) is 0 Å². The number of nitrogens with two attached hydrogens (primary N) is 1. The van der Waals surface area contributed by atoms with Crippen molar-refractivity contribution in [2.45, 2.75) is 19.3 Å². The van der Waals surface area contributed by atoms with Gasteiger partial charge in [0.15, 0.2) is 0 Å². The Balaban J connectivity index is 3.03. The van der Waals surface area contributed by atoms with Crippen molar-refractivity contribution >= 4 is 11.6 Å². The molecule has 0 atom stereocenters. The van der Waals surface area contributed by atoms with Crippen LogP contribution in [0.3, 0.4) is 0 Å². The second kappa shape index (κ2) is 3.42. The third-order valence-corrected chi connectivity index (χ3v) is 2.13. The smallest absolute Gasteiger partial charge is 0.129 e. The molecule has 1 heterocycles. The van der Waals surface area contributed by atoms with Gasteiger partial charge < -0.3 is 5.73 Å². The number of aromatic nitrogens is 1. The lowest BCUT2D eigenvalue weighted by atomic mass is 9.89. The van der Waals surface area contributed by atoms with Crippen LogP contribution in [-0.2, 0) is 5.41 Å². The molecule has 66 valence electrons. The molecule has 2 N–H and O–H groups in total. The summed E-state index contributed by atoms with van der Waals surface area (Å²) in [5.74, 6) is 0. The van der Waals surface area contributed by atoms with Crippen molar-refractivity contribution in [1.29, 1.82) is 0 Å². The van der Waals surface area contributed by atoms with Gasteiger partial charge >= 0.3 is 0 Å². The van der Waals surface area contributed by atoms with E-state index in [1.807, 2.05) is 26.0 Å². The first-order chi connectivity index (χ1) is 5.56. The third kappa shape index (κ3) is 1.96. The topological polar surface area (TPSA) is 38.9 Å². The van der Waals surface area contributed by atoms with Crippen LogP contribution >= 0.6 is 11.6 Å². The van der Waals surface area contributed by atoms with Gasteiger partial charge in [0.05, 0.1) is 0 Å². The minimum Gasteiger partial charge on any atom is -0.330 e. The number of nitrogens with zero attached hydrogens (tertiary/aromatic N) is 1. The molecule has 0 radical (unpaired) electrons. The van der Waals surface area contributed by atoms with E-state index in [0.717, 1.165) is 5.69 Å². The third-order valence-electron chi connectivity index (χ3n) is 1.92. The summed E-state index contributed by atoms with van der Waals surface area (Å²) in [6, 6.07) is 5.60. The van der Waals surface area contributed by atoms with Crippen LogP contribution in [0.15, 0.2) is 18.2 Å². The van der Waals surface area contributed by atoms with Gasteiger partial charge in [-0.25, -0.2) is 4.98 Å². The predicted molar refractivity (Wildman–Crippen MR) is 51.3 cm³/mol. The SMILES string of the molecule is CC(C)(CN)c1cccc(Cl)n1. The molecule has 0 fully saturated rings. The zero-order valence-electron chi connectivity index (χ0n) is 7.34. The van der Waals surface area contributed by atoms with Crippen LogP contribution < -0.4 is 5.73 Å². The summed E-state index contributed by atoms with van der Waals surface area (Å²) in [4.78, 5) is 4.20. The zero-order chi connectivity index (χ0) is 9.19. The molecule has 1 aromatic heterocycles. The maximum absolute atomic E-state index is 5.76. The monoisotopic (exact) mass is 184 g/mol. The average molecular weight is 185 g/mol. The highest BCUT2D eigenvalue weighted by Gasteiger charge is 2.19. The molecule has 0 spiro atoms. The molecule has 1 aromatic rings. The number of hydrogen-bond acceptors (Lipinski definition) is 2. The molecule has 12 heavy (non-hydrogen) atoms. The highest BCUT2D eigenvalue weighted by molar-refractivity contribution is 6.29. The number of hydrogen-bond donors (Lipinski definition) is 1. The Labute approximate surface area is 77.8 Å². The predicted octanol–water partition coefficient (Wildman–Crippen LogP) is 1.97. The van der Waals surface area contributed by atoms with Gasteiger partial charge in [-0.15, -0.1) is 0 Å². The lowest BCUT2D eigenvalue weighted by Crippen LogP contribution is -2.29. The van der Waals surface area contributed by atoms with Crippen molar-refractivity contribution in [3.8, 4) is 0 Å². The van der Waals surface area contributed by atoms with Gasteiger partial charge in [-0.05, 0) is 12.1 Å². The molecule has 0 aliphatic rings. The van der Waals surface area contributed by atoms with E-state index < -0.39 is 0 Å². The molecule has 0 bridgehead atoms. The van der Waals surface area contributed by atoms with Crippen LogP contribution in [0, 0.1) is 0 Å². The fourth-order valence-corrected chi connectivity index (χ4v) is 1.05. The highest BCUT2D eigenvalue weighted by atomic mass is 35.5. The molecule has 0 saturated carbocycles.